The Hall–Kier alpha value is -2.92. The van der Waals surface area contributed by atoms with Gasteiger partial charge in [0, 0.05) is 58.5 Å². The molecule has 0 saturated heterocycles. The van der Waals surface area contributed by atoms with Gasteiger partial charge in [0.05, 0.1) is 6.20 Å². The van der Waals surface area contributed by atoms with Crippen LogP contribution in [0.15, 0.2) is 47.2 Å². The maximum Gasteiger partial charge on any atom is 0.225 e. The molecular formula is C23H23N3O2. The van der Waals surface area contributed by atoms with E-state index in [0.717, 1.165) is 30.6 Å². The molecule has 4 aromatic rings. The maximum atomic E-state index is 12.3. The Bertz CT molecular complexity index is 1190. The van der Waals surface area contributed by atoms with E-state index in [4.69, 9.17) is 4.42 Å². The number of nitrogens with zero attached hydrogens (tertiary/aromatic N) is 2. The van der Waals surface area contributed by atoms with Crippen LogP contribution in [0.4, 0.5) is 0 Å². The van der Waals surface area contributed by atoms with E-state index in [1.807, 2.05) is 6.07 Å². The predicted molar refractivity (Wildman–Crippen MR) is 111 cm³/mol. The Morgan fingerprint density at radius 2 is 2.04 bits per heavy atom. The van der Waals surface area contributed by atoms with E-state index >= 15 is 0 Å². The largest absolute Gasteiger partial charge is 0.445 e. The van der Waals surface area contributed by atoms with E-state index in [-0.39, 0.29) is 5.78 Å². The minimum absolute atomic E-state index is 0.253. The number of aryl methyl sites for hydroxylation is 1. The molecule has 0 amide bonds. The number of hydrogen-bond donors (Lipinski definition) is 1. The summed E-state index contributed by atoms with van der Waals surface area (Å²) in [6, 6.07) is 10.9. The number of Topliss-reactive ketones (excluding diaryl/α,β-unsaturated/α-hetero) is 1. The fourth-order valence-corrected chi connectivity index (χ4v) is 4.36. The van der Waals surface area contributed by atoms with Crippen molar-refractivity contribution < 1.29 is 9.21 Å². The zero-order valence-corrected chi connectivity index (χ0v) is 16.2. The van der Waals surface area contributed by atoms with Gasteiger partial charge in [-0.2, -0.15) is 0 Å². The molecule has 0 spiro atoms. The van der Waals surface area contributed by atoms with Gasteiger partial charge in [0.25, 0.3) is 0 Å². The summed E-state index contributed by atoms with van der Waals surface area (Å²) in [7, 11) is 0. The lowest BCUT2D eigenvalue weighted by Crippen LogP contribution is -2.26. The summed E-state index contributed by atoms with van der Waals surface area (Å²) in [5.74, 6) is 0.871. The summed E-state index contributed by atoms with van der Waals surface area (Å²) in [5.41, 5.74) is 5.40. The number of aromatic nitrogens is 2. The molecule has 1 aliphatic carbocycles. The number of carbonyl (C=O) groups is 1. The smallest absolute Gasteiger partial charge is 0.225 e. The average molecular weight is 373 g/mol. The fourth-order valence-electron chi connectivity index (χ4n) is 4.36. The number of oxazole rings is 1. The fraction of sp³-hybridized carbons (Fsp3) is 0.304. The molecule has 2 aromatic carbocycles. The molecule has 5 nitrogen and oxygen atoms in total. The van der Waals surface area contributed by atoms with Gasteiger partial charge in [-0.3, -0.25) is 4.79 Å². The minimum atomic E-state index is 0.253. The van der Waals surface area contributed by atoms with E-state index in [1.165, 1.54) is 27.4 Å². The molecule has 2 aromatic heterocycles. The normalized spacial score (nSPS) is 13.9. The molecular weight excluding hydrogens is 350 g/mol. The Balaban J connectivity index is 1.75. The highest BCUT2D eigenvalue weighted by molar-refractivity contribution is 6.15. The molecule has 0 aliphatic heterocycles. The molecule has 1 N–H and O–H groups in total. The Morgan fingerprint density at radius 3 is 2.82 bits per heavy atom. The van der Waals surface area contributed by atoms with E-state index in [2.05, 4.69) is 53.0 Å². The Kier molecular flexibility index (Phi) is 4.05. The predicted octanol–water partition coefficient (Wildman–Crippen LogP) is 4.58. The molecule has 0 bridgehead atoms. The van der Waals surface area contributed by atoms with Gasteiger partial charge in [-0.15, -0.1) is 0 Å². The Labute approximate surface area is 163 Å². The van der Waals surface area contributed by atoms with Gasteiger partial charge in [-0.25, -0.2) is 4.98 Å². The van der Waals surface area contributed by atoms with E-state index < -0.39 is 0 Å². The molecule has 0 fully saturated rings. The summed E-state index contributed by atoms with van der Waals surface area (Å²) < 4.78 is 7.87. The van der Waals surface area contributed by atoms with E-state index in [0.29, 0.717) is 18.4 Å². The molecule has 0 radical (unpaired) electrons. The van der Waals surface area contributed by atoms with Gasteiger partial charge >= 0.3 is 0 Å². The topological polar surface area (TPSA) is 60.1 Å². The maximum absolute atomic E-state index is 12.3. The zero-order chi connectivity index (χ0) is 19.3. The number of fused-ring (bicyclic) bond motifs is 5. The first-order chi connectivity index (χ1) is 13.6. The molecule has 0 atom stereocenters. The number of hydrogen-bond acceptors (Lipinski definition) is 4. The quantitative estimate of drug-likeness (QED) is 0.556. The number of benzene rings is 2. The van der Waals surface area contributed by atoms with Crippen LogP contribution in [-0.4, -0.2) is 27.9 Å². The van der Waals surface area contributed by atoms with E-state index in [1.54, 1.807) is 12.5 Å². The third kappa shape index (κ3) is 2.66. The molecule has 28 heavy (non-hydrogen) atoms. The number of ketones is 1. The summed E-state index contributed by atoms with van der Waals surface area (Å²) >= 11 is 0. The monoisotopic (exact) mass is 373 g/mol. The Morgan fingerprint density at radius 1 is 1.18 bits per heavy atom. The molecule has 5 heteroatoms. The van der Waals surface area contributed by atoms with Gasteiger partial charge in [0.1, 0.15) is 6.26 Å². The van der Waals surface area contributed by atoms with Crippen molar-refractivity contribution >= 4 is 27.6 Å². The SMILES string of the molecule is CC(C)NCCn1c2ccc(-c3ncco3)cc2c2c3c(ccc21)C(=O)CC3. The van der Waals surface area contributed by atoms with Gasteiger partial charge in [0.2, 0.25) is 5.89 Å². The number of nitrogens with one attached hydrogen (secondary N) is 1. The molecule has 0 unspecified atom stereocenters. The third-order valence-electron chi connectivity index (χ3n) is 5.61. The first-order valence-corrected chi connectivity index (χ1v) is 9.88. The molecule has 0 saturated carbocycles. The third-order valence-corrected chi connectivity index (χ3v) is 5.61. The van der Waals surface area contributed by atoms with Crippen molar-refractivity contribution in [1.82, 2.24) is 14.9 Å². The van der Waals surface area contributed by atoms with Crippen LogP contribution >= 0.6 is 0 Å². The van der Waals surface area contributed by atoms with Crippen LogP contribution in [0.1, 0.15) is 36.2 Å². The lowest BCUT2D eigenvalue weighted by atomic mass is 10.0. The van der Waals surface area contributed by atoms with Crippen molar-refractivity contribution in [3.63, 3.8) is 0 Å². The second-order valence-electron chi connectivity index (χ2n) is 7.74. The van der Waals surface area contributed by atoms with Gasteiger partial charge in [0.15, 0.2) is 5.78 Å². The highest BCUT2D eigenvalue weighted by Gasteiger charge is 2.25. The second kappa shape index (κ2) is 6.60. The molecule has 142 valence electrons. The number of carbonyl (C=O) groups excluding carboxylic acids is 1. The number of rotatable bonds is 5. The average Bonchev–Trinajstić information content (AvgIpc) is 3.40. The van der Waals surface area contributed by atoms with Crippen LogP contribution in [0.3, 0.4) is 0 Å². The summed E-state index contributed by atoms with van der Waals surface area (Å²) in [6.07, 6.45) is 4.68. The van der Waals surface area contributed by atoms with Crippen molar-refractivity contribution in [2.75, 3.05) is 6.54 Å². The zero-order valence-electron chi connectivity index (χ0n) is 16.2. The van der Waals surface area contributed by atoms with Gasteiger partial charge in [-0.05, 0) is 42.3 Å². The van der Waals surface area contributed by atoms with Gasteiger partial charge in [-0.1, -0.05) is 13.8 Å². The van der Waals surface area contributed by atoms with Crippen LogP contribution < -0.4 is 5.32 Å². The summed E-state index contributed by atoms with van der Waals surface area (Å²) in [4.78, 5) is 16.6. The molecule has 5 rings (SSSR count). The van der Waals surface area contributed by atoms with Crippen LogP contribution in [0.5, 0.6) is 0 Å². The van der Waals surface area contributed by atoms with Crippen LogP contribution in [0.2, 0.25) is 0 Å². The van der Waals surface area contributed by atoms with Crippen molar-refractivity contribution in [2.24, 2.45) is 0 Å². The standard InChI is InChI=1S/C23H23N3O2/c1-14(2)24-9-11-26-19-6-3-15(23-25-10-12-28-23)13-18(19)22-17-5-8-21(27)16(17)4-7-20(22)26/h3-4,6-7,10,12-14,24H,5,8-9,11H2,1-2H3. The van der Waals surface area contributed by atoms with Crippen molar-refractivity contribution in [1.29, 1.82) is 0 Å². The lowest BCUT2D eigenvalue weighted by Gasteiger charge is -2.11. The lowest BCUT2D eigenvalue weighted by molar-refractivity contribution is 0.0994. The van der Waals surface area contributed by atoms with Gasteiger partial charge < -0.3 is 14.3 Å². The van der Waals surface area contributed by atoms with Crippen LogP contribution in [0.25, 0.3) is 33.3 Å². The van der Waals surface area contributed by atoms with Crippen LogP contribution in [0, 0.1) is 0 Å². The first-order valence-electron chi connectivity index (χ1n) is 9.88. The van der Waals surface area contributed by atoms with Crippen molar-refractivity contribution in [3.05, 3.63) is 53.9 Å². The van der Waals surface area contributed by atoms with Crippen molar-refractivity contribution in [3.8, 4) is 11.5 Å². The highest BCUT2D eigenvalue weighted by Crippen LogP contribution is 2.38. The molecule has 2 heterocycles. The van der Waals surface area contributed by atoms with E-state index in [9.17, 15) is 4.79 Å². The highest BCUT2D eigenvalue weighted by atomic mass is 16.3. The summed E-state index contributed by atoms with van der Waals surface area (Å²) in [5, 5.41) is 5.88. The first kappa shape index (κ1) is 17.2. The minimum Gasteiger partial charge on any atom is -0.445 e. The summed E-state index contributed by atoms with van der Waals surface area (Å²) in [6.45, 7) is 6.09. The second-order valence-corrected chi connectivity index (χ2v) is 7.74. The molecule has 1 aliphatic rings. The van der Waals surface area contributed by atoms with Crippen molar-refractivity contribution in [2.45, 2.75) is 39.3 Å². The van der Waals surface area contributed by atoms with Crippen LogP contribution in [-0.2, 0) is 13.0 Å².